The largest absolute Gasteiger partial charge is 0.472 e. The van der Waals surface area contributed by atoms with E-state index in [-0.39, 0.29) is 6.42 Å². The number of rotatable bonds is 6. The molecule has 1 aromatic rings. The maximum Gasteiger partial charge on any atom is 0.347 e. The summed E-state index contributed by atoms with van der Waals surface area (Å²) in [6.45, 7) is 7.78. The van der Waals surface area contributed by atoms with Crippen molar-refractivity contribution in [3.63, 3.8) is 0 Å². The minimum atomic E-state index is -2.70. The molecule has 2 heterocycles. The number of methoxy groups -OCH3 is 1. The highest BCUT2D eigenvalue weighted by Crippen LogP contribution is 2.82. The zero-order valence-corrected chi connectivity index (χ0v) is 27.8. The Morgan fingerprint density at radius 2 is 1.60 bits per heavy atom. The highest BCUT2D eigenvalue weighted by Gasteiger charge is 2.94. The molecule has 1 saturated heterocycles. The molecule has 0 aromatic carbocycles. The van der Waals surface area contributed by atoms with Crippen molar-refractivity contribution >= 4 is 29.8 Å². The number of ether oxygens (including phenoxy) is 5. The van der Waals surface area contributed by atoms with Gasteiger partial charge in [0.25, 0.3) is 0 Å². The van der Waals surface area contributed by atoms with Crippen molar-refractivity contribution in [2.45, 2.75) is 108 Å². The minimum Gasteiger partial charge on any atom is -0.472 e. The van der Waals surface area contributed by atoms with Gasteiger partial charge in [0.15, 0.2) is 0 Å². The normalized spacial score (nSPS) is 47.6. The summed E-state index contributed by atoms with van der Waals surface area (Å²) in [5.41, 5.74) is -12.4. The SMILES string of the molecule is COC(=O)C(OC(C)=O)C1C2(C)CC3(O)C(C2OC(C)=O)C(OC(C)=O)C2(O)C4CC(=O)OC(c5ccoc5)C4(C)C(O)CC2(O)C13C. The number of hydrogen-bond acceptors (Lipinski definition) is 15. The van der Waals surface area contributed by atoms with Crippen LogP contribution in [0.4, 0.5) is 0 Å². The predicted molar refractivity (Wildman–Crippen MR) is 156 cm³/mol. The second kappa shape index (κ2) is 10.5. The van der Waals surface area contributed by atoms with E-state index >= 15 is 0 Å². The van der Waals surface area contributed by atoms with E-state index in [2.05, 4.69) is 0 Å². The molecular weight excluding hydrogens is 636 g/mol. The van der Waals surface area contributed by atoms with Gasteiger partial charge in [0.1, 0.15) is 29.5 Å². The van der Waals surface area contributed by atoms with Crippen LogP contribution in [-0.2, 0) is 47.7 Å². The fourth-order valence-electron chi connectivity index (χ4n) is 11.2. The second-order valence-electron chi connectivity index (χ2n) is 14.9. The number of aliphatic hydroxyl groups is 4. The summed E-state index contributed by atoms with van der Waals surface area (Å²) in [5.74, 6) is -8.81. The summed E-state index contributed by atoms with van der Waals surface area (Å²) in [6.07, 6.45) is -6.70. The van der Waals surface area contributed by atoms with Crippen LogP contribution in [0.3, 0.4) is 0 Å². The van der Waals surface area contributed by atoms with E-state index in [0.717, 1.165) is 27.9 Å². The Balaban J connectivity index is 1.69. The molecule has 4 aliphatic carbocycles. The van der Waals surface area contributed by atoms with E-state index in [1.807, 2.05) is 0 Å². The van der Waals surface area contributed by atoms with Gasteiger partial charge >= 0.3 is 29.8 Å². The van der Waals surface area contributed by atoms with Crippen molar-refractivity contribution in [3.8, 4) is 0 Å². The molecule has 0 radical (unpaired) electrons. The van der Waals surface area contributed by atoms with E-state index in [1.54, 1.807) is 13.8 Å². The van der Waals surface area contributed by atoms with Crippen LogP contribution in [0, 0.1) is 34.0 Å². The number of cyclic esters (lactones) is 1. The first-order valence-corrected chi connectivity index (χ1v) is 15.9. The third kappa shape index (κ3) is 3.86. The van der Waals surface area contributed by atoms with Crippen LogP contribution in [0.25, 0.3) is 0 Å². The molecule has 48 heavy (non-hydrogen) atoms. The smallest absolute Gasteiger partial charge is 0.347 e. The molecule has 2 bridgehead atoms. The van der Waals surface area contributed by atoms with Crippen LogP contribution in [0.1, 0.15) is 72.5 Å². The molecule has 6 rings (SSSR count). The molecule has 1 aromatic heterocycles. The molecule has 4 saturated carbocycles. The van der Waals surface area contributed by atoms with Crippen molar-refractivity contribution in [3.05, 3.63) is 24.2 Å². The van der Waals surface area contributed by atoms with Gasteiger partial charge in [0.2, 0.25) is 6.10 Å². The molecule has 15 heteroatoms. The van der Waals surface area contributed by atoms with Gasteiger partial charge in [-0.3, -0.25) is 19.2 Å². The maximum absolute atomic E-state index is 13.5. The molecule has 14 unspecified atom stereocenters. The fraction of sp³-hybridized carbons (Fsp3) is 0.727. The number of carbonyl (C=O) groups excluding carboxylic acids is 5. The summed E-state index contributed by atoms with van der Waals surface area (Å²) < 4.78 is 33.3. The van der Waals surface area contributed by atoms with Crippen LogP contribution in [-0.4, -0.2) is 98.6 Å². The number of furan rings is 1. The number of hydrogen-bond donors (Lipinski definition) is 4. The number of esters is 5. The highest BCUT2D eigenvalue weighted by atomic mass is 16.6. The van der Waals surface area contributed by atoms with E-state index in [0.29, 0.717) is 5.56 Å². The lowest BCUT2D eigenvalue weighted by Gasteiger charge is -2.75. The average Bonchev–Trinajstić information content (AvgIpc) is 3.64. The third-order valence-electron chi connectivity index (χ3n) is 12.8. The lowest BCUT2D eigenvalue weighted by atomic mass is 9.34. The Labute approximate surface area is 275 Å². The van der Waals surface area contributed by atoms with E-state index in [9.17, 15) is 44.4 Å². The summed E-state index contributed by atoms with van der Waals surface area (Å²) in [6, 6.07) is 1.52. The Bertz CT molecular complexity index is 1560. The number of aliphatic hydroxyl groups excluding tert-OH is 1. The summed E-state index contributed by atoms with van der Waals surface area (Å²) in [4.78, 5) is 64.9. The first kappa shape index (κ1) is 34.3. The van der Waals surface area contributed by atoms with Gasteiger partial charge in [-0.1, -0.05) is 20.8 Å². The average molecular weight is 679 g/mol. The van der Waals surface area contributed by atoms with Gasteiger partial charge < -0.3 is 48.5 Å². The van der Waals surface area contributed by atoms with Crippen molar-refractivity contribution in [1.82, 2.24) is 0 Å². The molecule has 1 aliphatic heterocycles. The molecule has 5 fully saturated rings. The molecule has 15 nitrogen and oxygen atoms in total. The molecule has 14 atom stereocenters. The van der Waals surface area contributed by atoms with Crippen LogP contribution in [0.5, 0.6) is 0 Å². The molecule has 0 amide bonds. The van der Waals surface area contributed by atoms with Crippen molar-refractivity contribution in [2.75, 3.05) is 7.11 Å². The first-order valence-electron chi connectivity index (χ1n) is 15.9. The van der Waals surface area contributed by atoms with Crippen LogP contribution < -0.4 is 0 Å². The van der Waals surface area contributed by atoms with Gasteiger partial charge in [-0.05, 0) is 12.5 Å². The van der Waals surface area contributed by atoms with Gasteiger partial charge in [-0.25, -0.2) is 4.79 Å². The highest BCUT2D eigenvalue weighted by molar-refractivity contribution is 5.80. The lowest BCUT2D eigenvalue weighted by Crippen LogP contribution is -2.90. The zero-order valence-electron chi connectivity index (χ0n) is 27.8. The molecule has 5 aliphatic rings. The van der Waals surface area contributed by atoms with Crippen LogP contribution in [0.15, 0.2) is 23.0 Å². The van der Waals surface area contributed by atoms with E-state index < -0.39 is 124 Å². The topological polar surface area (TPSA) is 226 Å². The van der Waals surface area contributed by atoms with E-state index in [1.165, 1.54) is 25.5 Å². The Kier molecular flexibility index (Phi) is 7.50. The summed E-state index contributed by atoms with van der Waals surface area (Å²) in [5, 5.41) is 52.0. The van der Waals surface area contributed by atoms with Gasteiger partial charge in [-0.2, -0.15) is 0 Å². The van der Waals surface area contributed by atoms with Crippen molar-refractivity contribution in [2.24, 2.45) is 34.0 Å². The Hall–Kier alpha value is -3.53. The monoisotopic (exact) mass is 678 g/mol. The predicted octanol–water partition coefficient (Wildman–Crippen LogP) is 0.492. The van der Waals surface area contributed by atoms with E-state index in [4.69, 9.17) is 28.1 Å². The van der Waals surface area contributed by atoms with Crippen LogP contribution in [0.2, 0.25) is 0 Å². The quantitative estimate of drug-likeness (QED) is 0.237. The van der Waals surface area contributed by atoms with Gasteiger partial charge in [-0.15, -0.1) is 0 Å². The van der Waals surface area contributed by atoms with Crippen molar-refractivity contribution < 1.29 is 72.5 Å². The van der Waals surface area contributed by atoms with Gasteiger partial charge in [0, 0.05) is 60.8 Å². The van der Waals surface area contributed by atoms with Crippen molar-refractivity contribution in [1.29, 1.82) is 0 Å². The number of carbonyl (C=O) groups is 5. The lowest BCUT2D eigenvalue weighted by molar-refractivity contribution is -0.419. The van der Waals surface area contributed by atoms with Gasteiger partial charge in [0.05, 0.1) is 43.7 Å². The van der Waals surface area contributed by atoms with Crippen LogP contribution >= 0.6 is 0 Å². The molecule has 0 spiro atoms. The summed E-state index contributed by atoms with van der Waals surface area (Å²) in [7, 11) is 1.06. The third-order valence-corrected chi connectivity index (χ3v) is 12.8. The Morgan fingerprint density at radius 1 is 0.979 bits per heavy atom. The Morgan fingerprint density at radius 3 is 2.15 bits per heavy atom. The summed E-state index contributed by atoms with van der Waals surface area (Å²) >= 11 is 0. The fourth-order valence-corrected chi connectivity index (χ4v) is 11.2. The minimum absolute atomic E-state index is 0.285. The molecular formula is C33H42O15. The number of fused-ring (bicyclic) bond motifs is 5. The molecule has 4 N–H and O–H groups in total. The zero-order chi connectivity index (χ0) is 35.6. The second-order valence-corrected chi connectivity index (χ2v) is 14.9. The first-order chi connectivity index (χ1) is 22.2. The molecule has 264 valence electrons. The standard InChI is InChI=1S/C33H42O15/c1-14(34)45-22(27(39)43-7)23-28(4)13-31(40)21(25(28)46-15(2)35)26(47-16(3)36)33(42)18-10-20(38)48-24(17-8-9-44-12-17)29(18,5)19(37)11-32(33,41)30(23,31)6/h8-9,12,18-19,21-26,37,40-42H,10-11,13H2,1-7H3. The maximum atomic E-state index is 13.5.